The highest BCUT2D eigenvalue weighted by Gasteiger charge is 2.23. The van der Waals surface area contributed by atoms with Gasteiger partial charge in [0.2, 0.25) is 0 Å². The van der Waals surface area contributed by atoms with Crippen LogP contribution >= 0.6 is 11.6 Å². The summed E-state index contributed by atoms with van der Waals surface area (Å²) in [5, 5.41) is 8.90. The highest BCUT2D eigenvalue weighted by molar-refractivity contribution is 6.20. The van der Waals surface area contributed by atoms with E-state index in [4.69, 9.17) is 22.4 Å². The second kappa shape index (κ2) is 4.82. The lowest BCUT2D eigenvalue weighted by Crippen LogP contribution is -2.33. The van der Waals surface area contributed by atoms with Gasteiger partial charge >= 0.3 is 5.97 Å². The Morgan fingerprint density at radius 2 is 2.00 bits per heavy atom. The van der Waals surface area contributed by atoms with Crippen LogP contribution in [-0.4, -0.2) is 22.5 Å². The van der Waals surface area contributed by atoms with Gasteiger partial charge in [0.15, 0.2) is 0 Å². The topological polar surface area (TPSA) is 63.3 Å². The predicted molar refractivity (Wildman–Crippen MR) is 51.8 cm³/mol. The average Bonchev–Trinajstić information content (AvgIpc) is 2.08. The predicted octanol–water partition coefficient (Wildman–Crippen LogP) is 1.59. The average molecular weight is 206 g/mol. The number of carboxylic acid groups (broad SMARTS) is 1. The van der Waals surface area contributed by atoms with Gasteiger partial charge in [-0.05, 0) is 38.0 Å². The minimum absolute atomic E-state index is 0.289. The fourth-order valence-electron chi connectivity index (χ4n) is 1.82. The van der Waals surface area contributed by atoms with Gasteiger partial charge < -0.3 is 10.8 Å². The van der Waals surface area contributed by atoms with Crippen molar-refractivity contribution < 1.29 is 9.90 Å². The molecule has 0 heterocycles. The van der Waals surface area contributed by atoms with E-state index in [1.165, 1.54) is 0 Å². The van der Waals surface area contributed by atoms with Crippen molar-refractivity contribution in [3.63, 3.8) is 0 Å². The van der Waals surface area contributed by atoms with Crippen LogP contribution in [0.15, 0.2) is 0 Å². The van der Waals surface area contributed by atoms with Crippen LogP contribution in [-0.2, 0) is 4.79 Å². The van der Waals surface area contributed by atoms with Crippen LogP contribution in [0.3, 0.4) is 0 Å². The number of hydrogen-bond acceptors (Lipinski definition) is 2. The highest BCUT2D eigenvalue weighted by Crippen LogP contribution is 2.30. The van der Waals surface area contributed by atoms with Crippen molar-refractivity contribution in [3.05, 3.63) is 0 Å². The smallest absolute Gasteiger partial charge is 0.320 e. The lowest BCUT2D eigenvalue weighted by atomic mass is 9.85. The summed E-state index contributed by atoms with van der Waals surface area (Å²) in [5.74, 6) is -0.436. The third-order valence-electron chi connectivity index (χ3n) is 2.68. The summed E-state index contributed by atoms with van der Waals surface area (Å²) in [5.41, 5.74) is 5.45. The monoisotopic (exact) mass is 205 g/mol. The third-order valence-corrected chi connectivity index (χ3v) is 3.12. The summed E-state index contributed by atoms with van der Waals surface area (Å²) in [6.45, 7) is 0. The van der Waals surface area contributed by atoms with Gasteiger partial charge in [0, 0.05) is 5.38 Å². The number of alkyl halides is 1. The van der Waals surface area contributed by atoms with Crippen LogP contribution in [0.25, 0.3) is 0 Å². The molecule has 76 valence electrons. The molecule has 0 aromatic heterocycles. The van der Waals surface area contributed by atoms with Gasteiger partial charge in [-0.25, -0.2) is 0 Å². The maximum absolute atomic E-state index is 10.5. The van der Waals surface area contributed by atoms with E-state index in [9.17, 15) is 4.79 Å². The molecular formula is C9H16ClNO2. The molecular weight excluding hydrogens is 190 g/mol. The highest BCUT2D eigenvalue weighted by atomic mass is 35.5. The van der Waals surface area contributed by atoms with Gasteiger partial charge in [0.05, 0.1) is 0 Å². The Kier molecular flexibility index (Phi) is 4.00. The van der Waals surface area contributed by atoms with Gasteiger partial charge in [-0.2, -0.15) is 0 Å². The number of rotatable bonds is 3. The largest absolute Gasteiger partial charge is 0.480 e. The standard InChI is InChI=1S/C9H16ClNO2/c10-7-3-1-6(2-4-7)5-8(11)9(12)13/h6-8H,1-5,11H2,(H,12,13)/t6?,7?,8-/m0/s1. The molecule has 1 atom stereocenters. The second-order valence-electron chi connectivity index (χ2n) is 3.80. The molecule has 1 aliphatic rings. The summed E-state index contributed by atoms with van der Waals surface area (Å²) in [4.78, 5) is 10.5. The first kappa shape index (κ1) is 10.8. The minimum atomic E-state index is -0.895. The molecule has 0 unspecified atom stereocenters. The fourth-order valence-corrected chi connectivity index (χ4v) is 2.07. The molecule has 0 spiro atoms. The Labute approximate surface area is 83.3 Å². The first-order valence-corrected chi connectivity index (χ1v) is 5.15. The van der Waals surface area contributed by atoms with E-state index in [-0.39, 0.29) is 5.38 Å². The van der Waals surface area contributed by atoms with Crippen molar-refractivity contribution in [3.8, 4) is 0 Å². The fraction of sp³-hybridized carbons (Fsp3) is 0.889. The minimum Gasteiger partial charge on any atom is -0.480 e. The SMILES string of the molecule is N[C@@H](CC1CCC(Cl)CC1)C(=O)O. The van der Waals surface area contributed by atoms with E-state index >= 15 is 0 Å². The molecule has 0 aromatic rings. The molecule has 0 bridgehead atoms. The summed E-state index contributed by atoms with van der Waals surface area (Å²) in [6, 6.07) is -0.697. The van der Waals surface area contributed by atoms with E-state index in [0.717, 1.165) is 25.7 Å². The normalized spacial score (nSPS) is 31.2. The van der Waals surface area contributed by atoms with E-state index in [2.05, 4.69) is 0 Å². The van der Waals surface area contributed by atoms with Gasteiger partial charge in [0.1, 0.15) is 6.04 Å². The molecule has 1 rings (SSSR count). The van der Waals surface area contributed by atoms with Crippen LogP contribution in [0, 0.1) is 5.92 Å². The third kappa shape index (κ3) is 3.53. The summed E-state index contributed by atoms with van der Waals surface area (Å²) < 4.78 is 0. The molecule has 0 aromatic carbocycles. The second-order valence-corrected chi connectivity index (χ2v) is 4.42. The zero-order valence-corrected chi connectivity index (χ0v) is 8.33. The lowest BCUT2D eigenvalue weighted by Gasteiger charge is -2.25. The Hall–Kier alpha value is -0.280. The first-order valence-electron chi connectivity index (χ1n) is 4.72. The van der Waals surface area contributed by atoms with Crippen molar-refractivity contribution in [1.29, 1.82) is 0 Å². The molecule has 4 heteroatoms. The number of nitrogens with two attached hydrogens (primary N) is 1. The van der Waals surface area contributed by atoms with Gasteiger partial charge in [-0.3, -0.25) is 4.79 Å². The first-order chi connectivity index (χ1) is 6.09. The number of hydrogen-bond donors (Lipinski definition) is 2. The van der Waals surface area contributed by atoms with Crippen LogP contribution < -0.4 is 5.73 Å². The molecule has 1 aliphatic carbocycles. The lowest BCUT2D eigenvalue weighted by molar-refractivity contribution is -0.139. The summed E-state index contributed by atoms with van der Waals surface area (Å²) in [6.07, 6.45) is 4.64. The number of aliphatic carboxylic acids is 1. The quantitative estimate of drug-likeness (QED) is 0.688. The number of carboxylic acids is 1. The van der Waals surface area contributed by atoms with Crippen LogP contribution in [0.5, 0.6) is 0 Å². The zero-order valence-electron chi connectivity index (χ0n) is 7.58. The molecule has 13 heavy (non-hydrogen) atoms. The van der Waals surface area contributed by atoms with E-state index in [0.29, 0.717) is 12.3 Å². The van der Waals surface area contributed by atoms with Gasteiger partial charge in [-0.15, -0.1) is 11.6 Å². The van der Waals surface area contributed by atoms with Crippen molar-refractivity contribution in [2.24, 2.45) is 11.7 Å². The van der Waals surface area contributed by atoms with E-state index in [1.54, 1.807) is 0 Å². The molecule has 0 amide bonds. The maximum Gasteiger partial charge on any atom is 0.320 e. The Morgan fingerprint density at radius 3 is 2.46 bits per heavy atom. The Balaban J connectivity index is 2.26. The molecule has 3 N–H and O–H groups in total. The van der Waals surface area contributed by atoms with Crippen LogP contribution in [0.1, 0.15) is 32.1 Å². The zero-order chi connectivity index (χ0) is 9.84. The molecule has 0 aliphatic heterocycles. The van der Waals surface area contributed by atoms with Crippen LogP contribution in [0.2, 0.25) is 0 Å². The Morgan fingerprint density at radius 1 is 1.46 bits per heavy atom. The molecule has 1 fully saturated rings. The van der Waals surface area contributed by atoms with E-state index in [1.807, 2.05) is 0 Å². The molecule has 1 saturated carbocycles. The number of halogens is 1. The van der Waals surface area contributed by atoms with Crippen molar-refractivity contribution >= 4 is 17.6 Å². The van der Waals surface area contributed by atoms with Crippen LogP contribution in [0.4, 0.5) is 0 Å². The Bertz CT molecular complexity index is 178. The maximum atomic E-state index is 10.5. The molecule has 0 radical (unpaired) electrons. The van der Waals surface area contributed by atoms with Crippen molar-refractivity contribution in [2.45, 2.75) is 43.5 Å². The van der Waals surface area contributed by atoms with Gasteiger partial charge in [-0.1, -0.05) is 0 Å². The van der Waals surface area contributed by atoms with E-state index < -0.39 is 12.0 Å². The van der Waals surface area contributed by atoms with Crippen molar-refractivity contribution in [1.82, 2.24) is 0 Å². The molecule has 0 saturated heterocycles. The molecule has 3 nitrogen and oxygen atoms in total. The summed E-state index contributed by atoms with van der Waals surface area (Å²) >= 11 is 5.93. The van der Waals surface area contributed by atoms with Crippen molar-refractivity contribution in [2.75, 3.05) is 0 Å². The van der Waals surface area contributed by atoms with Gasteiger partial charge in [0.25, 0.3) is 0 Å². The number of carbonyl (C=O) groups is 1. The summed E-state index contributed by atoms with van der Waals surface area (Å²) in [7, 11) is 0.